The van der Waals surface area contributed by atoms with Crippen LogP contribution in [0.1, 0.15) is 34.5 Å². The zero-order valence-electron chi connectivity index (χ0n) is 19.0. The molecular formula is C24H30N6O4. The first-order valence-electron chi connectivity index (χ1n) is 11.0. The first-order chi connectivity index (χ1) is 16.4. The van der Waals surface area contributed by atoms with Gasteiger partial charge < -0.3 is 36.3 Å². The molecule has 2 aromatic rings. The molecule has 7 N–H and O–H groups in total. The molecule has 10 heteroatoms. The van der Waals surface area contributed by atoms with E-state index in [0.717, 1.165) is 23.8 Å². The number of carbonyl (C=O) groups excluding carboxylic acids is 2. The van der Waals surface area contributed by atoms with E-state index in [1.807, 2.05) is 24.3 Å². The highest BCUT2D eigenvalue weighted by Crippen LogP contribution is 2.33. The van der Waals surface area contributed by atoms with E-state index in [1.165, 1.54) is 11.2 Å². The monoisotopic (exact) mass is 466 g/mol. The number of aryl methyl sites for hydroxylation is 1. The molecule has 0 radical (unpaired) electrons. The third-order valence-electron chi connectivity index (χ3n) is 5.23. The summed E-state index contributed by atoms with van der Waals surface area (Å²) in [7, 11) is 0. The number of hydrogen-bond acceptors (Lipinski definition) is 8. The molecule has 180 valence electrons. The zero-order valence-corrected chi connectivity index (χ0v) is 19.0. The molecule has 0 aliphatic carbocycles. The maximum atomic E-state index is 12.5. The van der Waals surface area contributed by atoms with E-state index < -0.39 is 11.9 Å². The Labute approximate surface area is 198 Å². The molecule has 1 unspecified atom stereocenters. The largest absolute Gasteiger partial charge is 0.486 e. The Balaban J connectivity index is 1.50. The van der Waals surface area contributed by atoms with Gasteiger partial charge in [-0.2, -0.15) is 0 Å². The zero-order chi connectivity index (χ0) is 24.5. The molecule has 0 saturated heterocycles. The van der Waals surface area contributed by atoms with Crippen LogP contribution < -0.4 is 31.7 Å². The second kappa shape index (κ2) is 11.7. The molecule has 1 aliphatic rings. The van der Waals surface area contributed by atoms with Crippen LogP contribution in [0, 0.1) is 5.41 Å². The van der Waals surface area contributed by atoms with Crippen molar-refractivity contribution in [3.8, 4) is 11.5 Å². The summed E-state index contributed by atoms with van der Waals surface area (Å²) in [5.74, 6) is 5.98. The Morgan fingerprint density at radius 2 is 1.91 bits per heavy atom. The summed E-state index contributed by atoms with van der Waals surface area (Å²) in [4.78, 5) is 25.0. The van der Waals surface area contributed by atoms with Crippen molar-refractivity contribution in [3.05, 3.63) is 71.1 Å². The van der Waals surface area contributed by atoms with Crippen LogP contribution in [0.4, 0.5) is 0 Å². The van der Waals surface area contributed by atoms with E-state index >= 15 is 0 Å². The summed E-state index contributed by atoms with van der Waals surface area (Å²) in [5, 5.41) is 14.3. The highest BCUT2D eigenvalue weighted by molar-refractivity contribution is 5.98. The van der Waals surface area contributed by atoms with Crippen LogP contribution in [0.2, 0.25) is 0 Å². The summed E-state index contributed by atoms with van der Waals surface area (Å²) in [6, 6.07) is 12.2. The third-order valence-corrected chi connectivity index (χ3v) is 5.23. The molecule has 1 atom stereocenters. The minimum Gasteiger partial charge on any atom is -0.486 e. The second-order valence-electron chi connectivity index (χ2n) is 7.62. The number of nitrogens with one attached hydrogen (secondary N) is 3. The fraction of sp³-hybridized carbons (Fsp3) is 0.292. The number of ether oxygens (including phenoxy) is 2. The van der Waals surface area contributed by atoms with Gasteiger partial charge in [-0.3, -0.25) is 9.59 Å². The molecule has 0 aromatic heterocycles. The molecule has 2 aromatic carbocycles. The number of rotatable bonds is 10. The van der Waals surface area contributed by atoms with E-state index in [2.05, 4.69) is 17.6 Å². The number of para-hydroxylation sites is 1. The van der Waals surface area contributed by atoms with Gasteiger partial charge in [0.25, 0.3) is 11.8 Å². The third kappa shape index (κ3) is 6.26. The average molecular weight is 467 g/mol. The van der Waals surface area contributed by atoms with Crippen molar-refractivity contribution >= 4 is 18.0 Å². The van der Waals surface area contributed by atoms with Crippen LogP contribution in [0.5, 0.6) is 11.5 Å². The van der Waals surface area contributed by atoms with Crippen molar-refractivity contribution in [1.82, 2.24) is 15.6 Å². The van der Waals surface area contributed by atoms with Gasteiger partial charge in [0.15, 0.2) is 11.5 Å². The quantitative estimate of drug-likeness (QED) is 0.153. The van der Waals surface area contributed by atoms with Crippen molar-refractivity contribution in [2.45, 2.75) is 19.4 Å². The van der Waals surface area contributed by atoms with Gasteiger partial charge >= 0.3 is 0 Å². The topological polar surface area (TPSA) is 156 Å². The van der Waals surface area contributed by atoms with E-state index in [1.54, 1.807) is 18.2 Å². The lowest BCUT2D eigenvalue weighted by molar-refractivity contribution is -0.118. The first-order valence-corrected chi connectivity index (χ1v) is 11.0. The fourth-order valence-electron chi connectivity index (χ4n) is 3.35. The SMILES string of the molecule is CCc1ccc(C(C=N)NC(=O)C(N)=CN(N)CCNC(=O)c2cccc3c2OCCO3)cc1. The lowest BCUT2D eigenvalue weighted by atomic mass is 10.0. The molecule has 3 rings (SSSR count). The molecule has 2 amide bonds. The predicted molar refractivity (Wildman–Crippen MR) is 128 cm³/mol. The molecule has 34 heavy (non-hydrogen) atoms. The van der Waals surface area contributed by atoms with E-state index in [9.17, 15) is 9.59 Å². The Morgan fingerprint density at radius 1 is 1.18 bits per heavy atom. The van der Waals surface area contributed by atoms with Gasteiger partial charge in [-0.1, -0.05) is 37.3 Å². The predicted octanol–water partition coefficient (Wildman–Crippen LogP) is 1.23. The normalized spacial score (nSPS) is 13.5. The minimum absolute atomic E-state index is 0.117. The second-order valence-corrected chi connectivity index (χ2v) is 7.62. The van der Waals surface area contributed by atoms with Crippen molar-refractivity contribution in [2.24, 2.45) is 11.6 Å². The Kier molecular flexibility index (Phi) is 8.47. The van der Waals surface area contributed by atoms with Gasteiger partial charge in [-0.25, -0.2) is 5.84 Å². The molecule has 0 saturated carbocycles. The number of carbonyl (C=O) groups is 2. The number of nitrogens with zero attached hydrogens (tertiary/aromatic N) is 1. The molecule has 1 aliphatic heterocycles. The summed E-state index contributed by atoms with van der Waals surface area (Å²) in [6.45, 7) is 3.28. The molecule has 0 bridgehead atoms. The number of nitrogens with two attached hydrogens (primary N) is 2. The van der Waals surface area contributed by atoms with Crippen molar-refractivity contribution in [2.75, 3.05) is 26.3 Å². The number of hydrogen-bond donors (Lipinski definition) is 5. The fourth-order valence-corrected chi connectivity index (χ4v) is 3.35. The maximum Gasteiger partial charge on any atom is 0.269 e. The Hall–Kier alpha value is -4.05. The first kappa shape index (κ1) is 24.6. The summed E-state index contributed by atoms with van der Waals surface area (Å²) in [6.07, 6.45) is 3.32. The van der Waals surface area contributed by atoms with Crippen LogP contribution in [0.15, 0.2) is 54.4 Å². The van der Waals surface area contributed by atoms with Crippen LogP contribution >= 0.6 is 0 Å². The van der Waals surface area contributed by atoms with E-state index in [0.29, 0.717) is 30.3 Å². The standard InChI is InChI=1S/C24H30N6O4/c1-2-16-6-8-17(9-7-16)20(14-25)29-24(32)19(26)15-30(27)11-10-28-23(31)18-4-3-5-21-22(18)34-13-12-33-21/h3-9,14-15,20,25H,2,10-13,26-27H2,1H3,(H,28,31)(H,29,32). The molecule has 1 heterocycles. The summed E-state index contributed by atoms with van der Waals surface area (Å²) in [5.41, 5.74) is 8.08. The Bertz CT molecular complexity index is 1050. The van der Waals surface area contributed by atoms with Gasteiger partial charge in [-0.15, -0.1) is 0 Å². The smallest absolute Gasteiger partial charge is 0.269 e. The van der Waals surface area contributed by atoms with E-state index in [4.69, 9.17) is 26.5 Å². The number of amides is 2. The lowest BCUT2D eigenvalue weighted by Gasteiger charge is -2.21. The highest BCUT2D eigenvalue weighted by Gasteiger charge is 2.20. The van der Waals surface area contributed by atoms with Gasteiger partial charge in [-0.05, 0) is 29.7 Å². The van der Waals surface area contributed by atoms with Crippen molar-refractivity contribution < 1.29 is 19.1 Å². The van der Waals surface area contributed by atoms with Crippen molar-refractivity contribution in [3.63, 3.8) is 0 Å². The summed E-state index contributed by atoms with van der Waals surface area (Å²) >= 11 is 0. The number of hydrazine groups is 1. The van der Waals surface area contributed by atoms with Gasteiger partial charge in [0.1, 0.15) is 18.9 Å². The maximum absolute atomic E-state index is 12.5. The summed E-state index contributed by atoms with van der Waals surface area (Å²) < 4.78 is 11.0. The number of benzene rings is 2. The van der Waals surface area contributed by atoms with E-state index in [-0.39, 0.29) is 24.7 Å². The van der Waals surface area contributed by atoms with Crippen LogP contribution in [0.3, 0.4) is 0 Å². The molecule has 0 spiro atoms. The van der Waals surface area contributed by atoms with Crippen LogP contribution in [-0.2, 0) is 11.2 Å². The molecular weight excluding hydrogens is 436 g/mol. The highest BCUT2D eigenvalue weighted by atomic mass is 16.6. The lowest BCUT2D eigenvalue weighted by Crippen LogP contribution is -2.38. The van der Waals surface area contributed by atoms with Gasteiger partial charge in [0.05, 0.1) is 18.2 Å². The molecule has 10 nitrogen and oxygen atoms in total. The van der Waals surface area contributed by atoms with Crippen LogP contribution in [0.25, 0.3) is 0 Å². The van der Waals surface area contributed by atoms with Crippen LogP contribution in [-0.4, -0.2) is 49.3 Å². The average Bonchev–Trinajstić information content (AvgIpc) is 2.86. The van der Waals surface area contributed by atoms with Gasteiger partial charge in [0, 0.05) is 19.0 Å². The van der Waals surface area contributed by atoms with Crippen molar-refractivity contribution in [1.29, 1.82) is 5.41 Å². The Morgan fingerprint density at radius 3 is 2.62 bits per heavy atom. The molecule has 0 fully saturated rings. The number of fused-ring (bicyclic) bond motifs is 1. The van der Waals surface area contributed by atoms with Gasteiger partial charge in [0.2, 0.25) is 0 Å². The minimum atomic E-state index is -0.612.